The van der Waals surface area contributed by atoms with Gasteiger partial charge in [0.15, 0.2) is 0 Å². The van der Waals surface area contributed by atoms with Gasteiger partial charge in [-0.3, -0.25) is 4.90 Å². The summed E-state index contributed by atoms with van der Waals surface area (Å²) in [7, 11) is 0. The molecule has 0 bridgehead atoms. The smallest absolute Gasteiger partial charge is 0.0304 e. The Morgan fingerprint density at radius 1 is 1.06 bits per heavy atom. The molecule has 1 heterocycles. The van der Waals surface area contributed by atoms with E-state index in [4.69, 9.17) is 5.73 Å². The molecule has 2 nitrogen and oxygen atoms in total. The van der Waals surface area contributed by atoms with Crippen LogP contribution >= 0.6 is 0 Å². The topological polar surface area (TPSA) is 29.3 Å². The lowest BCUT2D eigenvalue weighted by Gasteiger charge is -2.45. The number of hydrogen-bond donors (Lipinski definition) is 1. The normalized spacial score (nSPS) is 26.3. The Hall–Kier alpha value is -0.0800. The Balaban J connectivity index is 1.88. The number of piperidine rings is 1. The van der Waals surface area contributed by atoms with Crippen LogP contribution in [0.25, 0.3) is 0 Å². The van der Waals surface area contributed by atoms with Gasteiger partial charge in [-0.25, -0.2) is 0 Å². The van der Waals surface area contributed by atoms with Crippen LogP contribution in [-0.4, -0.2) is 29.6 Å². The Bertz CT molecular complexity index is 225. The molecule has 2 fully saturated rings. The molecule has 1 atom stereocenters. The molecular formula is C15H30N2. The molecule has 1 unspecified atom stereocenters. The highest BCUT2D eigenvalue weighted by atomic mass is 15.2. The highest BCUT2D eigenvalue weighted by molar-refractivity contribution is 4.94. The largest absolute Gasteiger partial charge is 0.326 e. The summed E-state index contributed by atoms with van der Waals surface area (Å²) < 4.78 is 0. The SMILES string of the molecule is CC(C)(C(N)CC1CCCC1)N1CCCCC1. The lowest BCUT2D eigenvalue weighted by molar-refractivity contribution is 0.0656. The molecule has 1 saturated carbocycles. The minimum atomic E-state index is 0.197. The van der Waals surface area contributed by atoms with Crippen molar-refractivity contribution in [3.8, 4) is 0 Å². The maximum Gasteiger partial charge on any atom is 0.0304 e. The van der Waals surface area contributed by atoms with E-state index in [2.05, 4.69) is 18.7 Å². The van der Waals surface area contributed by atoms with Crippen LogP contribution in [0.15, 0.2) is 0 Å². The fourth-order valence-electron chi connectivity index (χ4n) is 3.60. The quantitative estimate of drug-likeness (QED) is 0.815. The van der Waals surface area contributed by atoms with Gasteiger partial charge in [-0.05, 0) is 52.1 Å². The average molecular weight is 238 g/mol. The van der Waals surface area contributed by atoms with Crippen molar-refractivity contribution in [2.75, 3.05) is 13.1 Å². The van der Waals surface area contributed by atoms with E-state index < -0.39 is 0 Å². The average Bonchev–Trinajstić information content (AvgIpc) is 2.83. The van der Waals surface area contributed by atoms with Crippen LogP contribution in [0.3, 0.4) is 0 Å². The molecule has 0 spiro atoms. The van der Waals surface area contributed by atoms with Crippen molar-refractivity contribution in [3.05, 3.63) is 0 Å². The van der Waals surface area contributed by atoms with Gasteiger partial charge in [0, 0.05) is 11.6 Å². The monoisotopic (exact) mass is 238 g/mol. The van der Waals surface area contributed by atoms with Gasteiger partial charge >= 0.3 is 0 Å². The van der Waals surface area contributed by atoms with Crippen molar-refractivity contribution in [3.63, 3.8) is 0 Å². The maximum absolute atomic E-state index is 6.52. The predicted octanol–water partition coefficient (Wildman–Crippen LogP) is 3.16. The third-order valence-electron chi connectivity index (χ3n) is 5.14. The Labute approximate surface area is 107 Å². The molecule has 0 aromatic rings. The van der Waals surface area contributed by atoms with Gasteiger partial charge in [-0.1, -0.05) is 32.1 Å². The van der Waals surface area contributed by atoms with Crippen molar-refractivity contribution in [2.24, 2.45) is 11.7 Å². The zero-order valence-electron chi connectivity index (χ0n) is 11.8. The van der Waals surface area contributed by atoms with Crippen molar-refractivity contribution in [2.45, 2.75) is 76.8 Å². The minimum absolute atomic E-state index is 0.197. The number of hydrogen-bond acceptors (Lipinski definition) is 2. The maximum atomic E-state index is 6.52. The third-order valence-corrected chi connectivity index (χ3v) is 5.14. The molecule has 0 aromatic carbocycles. The van der Waals surface area contributed by atoms with Crippen molar-refractivity contribution >= 4 is 0 Å². The molecule has 2 rings (SSSR count). The van der Waals surface area contributed by atoms with E-state index in [0.717, 1.165) is 5.92 Å². The lowest BCUT2D eigenvalue weighted by atomic mass is 9.84. The van der Waals surface area contributed by atoms with Crippen LogP contribution < -0.4 is 5.73 Å². The van der Waals surface area contributed by atoms with Gasteiger partial charge in [0.1, 0.15) is 0 Å². The Morgan fingerprint density at radius 2 is 1.65 bits per heavy atom. The van der Waals surface area contributed by atoms with Crippen molar-refractivity contribution < 1.29 is 0 Å². The first kappa shape index (κ1) is 13.4. The van der Waals surface area contributed by atoms with E-state index >= 15 is 0 Å². The molecule has 2 heteroatoms. The van der Waals surface area contributed by atoms with E-state index in [9.17, 15) is 0 Å². The van der Waals surface area contributed by atoms with Gasteiger partial charge in [0.2, 0.25) is 0 Å². The Kier molecular flexibility index (Phi) is 4.48. The van der Waals surface area contributed by atoms with Crippen molar-refractivity contribution in [1.29, 1.82) is 0 Å². The molecule has 17 heavy (non-hydrogen) atoms. The van der Waals surface area contributed by atoms with Crippen LogP contribution in [0.5, 0.6) is 0 Å². The summed E-state index contributed by atoms with van der Waals surface area (Å²) in [4.78, 5) is 2.64. The fourth-order valence-corrected chi connectivity index (χ4v) is 3.60. The van der Waals surface area contributed by atoms with E-state index in [1.54, 1.807) is 0 Å². The number of rotatable bonds is 4. The molecule has 0 radical (unpaired) electrons. The molecule has 0 amide bonds. The van der Waals surface area contributed by atoms with E-state index in [-0.39, 0.29) is 5.54 Å². The first-order valence-electron chi connectivity index (χ1n) is 7.61. The van der Waals surface area contributed by atoms with Gasteiger partial charge in [0.05, 0.1) is 0 Å². The lowest BCUT2D eigenvalue weighted by Crippen LogP contribution is -2.57. The summed E-state index contributed by atoms with van der Waals surface area (Å²) in [5.41, 5.74) is 6.72. The first-order valence-corrected chi connectivity index (χ1v) is 7.61. The molecule has 0 aromatic heterocycles. The molecule has 1 aliphatic heterocycles. The molecule has 2 aliphatic rings. The Morgan fingerprint density at radius 3 is 2.24 bits per heavy atom. The zero-order valence-corrected chi connectivity index (χ0v) is 11.8. The van der Waals surface area contributed by atoms with Gasteiger partial charge in [-0.2, -0.15) is 0 Å². The highest BCUT2D eigenvalue weighted by Crippen LogP contribution is 2.32. The second-order valence-electron chi connectivity index (χ2n) is 6.69. The van der Waals surface area contributed by atoms with Crippen LogP contribution in [0.1, 0.15) is 65.2 Å². The molecule has 1 saturated heterocycles. The first-order chi connectivity index (χ1) is 8.10. The highest BCUT2D eigenvalue weighted by Gasteiger charge is 2.35. The zero-order chi connectivity index (χ0) is 12.3. The van der Waals surface area contributed by atoms with Gasteiger partial charge < -0.3 is 5.73 Å². The summed E-state index contributed by atoms with van der Waals surface area (Å²) in [5.74, 6) is 0.911. The van der Waals surface area contributed by atoms with E-state index in [0.29, 0.717) is 6.04 Å². The van der Waals surface area contributed by atoms with E-state index in [1.807, 2.05) is 0 Å². The molecular weight excluding hydrogens is 208 g/mol. The fraction of sp³-hybridized carbons (Fsp3) is 1.00. The summed E-state index contributed by atoms with van der Waals surface area (Å²) in [5, 5.41) is 0. The summed E-state index contributed by atoms with van der Waals surface area (Å²) in [6, 6.07) is 0.351. The van der Waals surface area contributed by atoms with Gasteiger partial charge in [0.25, 0.3) is 0 Å². The number of nitrogens with two attached hydrogens (primary N) is 1. The van der Waals surface area contributed by atoms with Crippen LogP contribution in [0.2, 0.25) is 0 Å². The summed E-state index contributed by atoms with van der Waals surface area (Å²) in [6.45, 7) is 7.23. The standard InChI is InChI=1S/C15H30N2/c1-15(2,17-10-6-3-7-11-17)14(16)12-13-8-4-5-9-13/h13-14H,3-12,16H2,1-2H3. The molecule has 100 valence electrons. The molecule has 1 aliphatic carbocycles. The van der Waals surface area contributed by atoms with Gasteiger partial charge in [-0.15, -0.1) is 0 Å². The number of nitrogens with zero attached hydrogens (tertiary/aromatic N) is 1. The van der Waals surface area contributed by atoms with Crippen LogP contribution in [0, 0.1) is 5.92 Å². The van der Waals surface area contributed by atoms with Crippen LogP contribution in [-0.2, 0) is 0 Å². The predicted molar refractivity (Wildman–Crippen MR) is 74.1 cm³/mol. The summed E-state index contributed by atoms with van der Waals surface area (Å²) >= 11 is 0. The third kappa shape index (κ3) is 3.23. The minimum Gasteiger partial charge on any atom is -0.326 e. The van der Waals surface area contributed by atoms with Crippen molar-refractivity contribution in [1.82, 2.24) is 4.90 Å². The number of likely N-dealkylation sites (tertiary alicyclic amines) is 1. The van der Waals surface area contributed by atoms with Crippen LogP contribution in [0.4, 0.5) is 0 Å². The summed E-state index contributed by atoms with van der Waals surface area (Å²) in [6.07, 6.45) is 11.1. The molecule has 2 N–H and O–H groups in total. The van der Waals surface area contributed by atoms with E-state index in [1.165, 1.54) is 64.5 Å². The second kappa shape index (κ2) is 5.71. The second-order valence-corrected chi connectivity index (χ2v) is 6.69.